The quantitative estimate of drug-likeness (QED) is 0.785. The van der Waals surface area contributed by atoms with Crippen LogP contribution in [0.3, 0.4) is 0 Å². The number of carbonyl (C=O) groups is 2. The maximum atomic E-state index is 11.7. The second kappa shape index (κ2) is 8.52. The number of carbonyl (C=O) groups excluding carboxylic acids is 2. The molecule has 0 spiro atoms. The SMILES string of the molecule is CC(C)CNC(=O)[C@H](C)OC(=O)COc1cccc(Cl)c1. The minimum Gasteiger partial charge on any atom is -0.482 e. The molecule has 0 saturated heterocycles. The van der Waals surface area contributed by atoms with E-state index in [0.29, 0.717) is 23.2 Å². The first kappa shape index (κ1) is 17.3. The second-order valence-corrected chi connectivity index (χ2v) is 5.45. The van der Waals surface area contributed by atoms with Crippen molar-refractivity contribution in [3.05, 3.63) is 29.3 Å². The first-order chi connectivity index (χ1) is 9.88. The fourth-order valence-corrected chi connectivity index (χ4v) is 1.61. The number of nitrogens with one attached hydrogen (secondary N) is 1. The molecule has 116 valence electrons. The highest BCUT2D eigenvalue weighted by atomic mass is 35.5. The molecule has 0 aromatic heterocycles. The van der Waals surface area contributed by atoms with Crippen molar-refractivity contribution in [1.82, 2.24) is 5.32 Å². The van der Waals surface area contributed by atoms with Crippen molar-refractivity contribution >= 4 is 23.5 Å². The van der Waals surface area contributed by atoms with E-state index in [1.807, 2.05) is 13.8 Å². The Morgan fingerprint density at radius 1 is 1.29 bits per heavy atom. The average molecular weight is 314 g/mol. The Labute approximate surface area is 129 Å². The summed E-state index contributed by atoms with van der Waals surface area (Å²) in [7, 11) is 0. The zero-order valence-electron chi connectivity index (χ0n) is 12.4. The first-order valence-corrected chi connectivity index (χ1v) is 7.12. The van der Waals surface area contributed by atoms with Crippen molar-refractivity contribution in [2.45, 2.75) is 26.9 Å². The predicted octanol–water partition coefficient (Wildman–Crippen LogP) is 2.42. The van der Waals surface area contributed by atoms with Crippen LogP contribution < -0.4 is 10.1 Å². The molecule has 0 heterocycles. The summed E-state index contributed by atoms with van der Waals surface area (Å²) in [6.07, 6.45) is -0.848. The van der Waals surface area contributed by atoms with Gasteiger partial charge in [0.1, 0.15) is 5.75 Å². The maximum Gasteiger partial charge on any atom is 0.344 e. The van der Waals surface area contributed by atoms with E-state index < -0.39 is 12.1 Å². The van der Waals surface area contributed by atoms with Crippen molar-refractivity contribution in [3.8, 4) is 5.75 Å². The standard InChI is InChI=1S/C15H20ClNO4/c1-10(2)8-17-15(19)11(3)21-14(18)9-20-13-6-4-5-12(16)7-13/h4-7,10-11H,8-9H2,1-3H3,(H,17,19)/t11-/m0/s1. The Hall–Kier alpha value is -1.75. The third-order valence-corrected chi connectivity index (χ3v) is 2.75. The molecule has 0 radical (unpaired) electrons. The molecule has 0 fully saturated rings. The number of hydrogen-bond acceptors (Lipinski definition) is 4. The van der Waals surface area contributed by atoms with Gasteiger partial charge in [0.05, 0.1) is 0 Å². The number of benzene rings is 1. The van der Waals surface area contributed by atoms with Gasteiger partial charge in [-0.25, -0.2) is 4.79 Å². The summed E-state index contributed by atoms with van der Waals surface area (Å²) >= 11 is 5.80. The van der Waals surface area contributed by atoms with Gasteiger partial charge in [0.25, 0.3) is 5.91 Å². The molecule has 1 rings (SSSR count). The van der Waals surface area contributed by atoms with Crippen molar-refractivity contribution < 1.29 is 19.1 Å². The highest BCUT2D eigenvalue weighted by Gasteiger charge is 2.18. The third kappa shape index (κ3) is 6.99. The Bertz CT molecular complexity index is 490. The smallest absolute Gasteiger partial charge is 0.344 e. The van der Waals surface area contributed by atoms with Gasteiger partial charge in [-0.15, -0.1) is 0 Å². The Balaban J connectivity index is 2.34. The molecular weight excluding hydrogens is 294 g/mol. The number of esters is 1. The lowest BCUT2D eigenvalue weighted by Gasteiger charge is -2.14. The molecule has 0 saturated carbocycles. The summed E-state index contributed by atoms with van der Waals surface area (Å²) in [4.78, 5) is 23.2. The molecule has 0 bridgehead atoms. The molecule has 1 amide bonds. The van der Waals surface area contributed by atoms with Crippen LogP contribution in [-0.2, 0) is 14.3 Å². The molecule has 0 aliphatic rings. The van der Waals surface area contributed by atoms with Crippen molar-refractivity contribution in [2.24, 2.45) is 5.92 Å². The minimum atomic E-state index is -0.848. The van der Waals surface area contributed by atoms with E-state index in [4.69, 9.17) is 21.1 Å². The number of amides is 1. The first-order valence-electron chi connectivity index (χ1n) is 6.74. The van der Waals surface area contributed by atoms with Gasteiger partial charge in [0.15, 0.2) is 12.7 Å². The summed E-state index contributed by atoms with van der Waals surface area (Å²) in [6, 6.07) is 6.68. The van der Waals surface area contributed by atoms with Gasteiger partial charge in [-0.3, -0.25) is 4.79 Å². The van der Waals surface area contributed by atoms with Crippen LogP contribution in [0.1, 0.15) is 20.8 Å². The summed E-state index contributed by atoms with van der Waals surface area (Å²) in [5, 5.41) is 3.21. The normalized spacial score (nSPS) is 11.9. The lowest BCUT2D eigenvalue weighted by Crippen LogP contribution is -2.38. The van der Waals surface area contributed by atoms with Crippen LogP contribution in [0.15, 0.2) is 24.3 Å². The van der Waals surface area contributed by atoms with E-state index in [2.05, 4.69) is 5.32 Å². The zero-order chi connectivity index (χ0) is 15.8. The third-order valence-electron chi connectivity index (χ3n) is 2.51. The van der Waals surface area contributed by atoms with Gasteiger partial charge in [-0.2, -0.15) is 0 Å². The van der Waals surface area contributed by atoms with Crippen LogP contribution in [0.4, 0.5) is 0 Å². The molecule has 0 aliphatic carbocycles. The monoisotopic (exact) mass is 313 g/mol. The number of rotatable bonds is 7. The second-order valence-electron chi connectivity index (χ2n) is 5.02. The molecule has 0 aliphatic heterocycles. The van der Waals surface area contributed by atoms with E-state index in [1.165, 1.54) is 6.92 Å². The van der Waals surface area contributed by atoms with Gasteiger partial charge in [-0.05, 0) is 31.0 Å². The van der Waals surface area contributed by atoms with Crippen LogP contribution in [0, 0.1) is 5.92 Å². The maximum absolute atomic E-state index is 11.7. The van der Waals surface area contributed by atoms with Crippen molar-refractivity contribution in [2.75, 3.05) is 13.2 Å². The van der Waals surface area contributed by atoms with E-state index >= 15 is 0 Å². The zero-order valence-corrected chi connectivity index (χ0v) is 13.1. The highest BCUT2D eigenvalue weighted by Crippen LogP contribution is 2.16. The molecule has 0 unspecified atom stereocenters. The van der Waals surface area contributed by atoms with Crippen molar-refractivity contribution in [1.29, 1.82) is 0 Å². The number of hydrogen-bond donors (Lipinski definition) is 1. The summed E-state index contributed by atoms with van der Waals surface area (Å²) in [5.74, 6) is -0.124. The molecule has 1 aromatic rings. The van der Waals surface area contributed by atoms with E-state index in [-0.39, 0.29) is 12.5 Å². The minimum absolute atomic E-state index is 0.276. The van der Waals surface area contributed by atoms with Crippen molar-refractivity contribution in [3.63, 3.8) is 0 Å². The van der Waals surface area contributed by atoms with Crippen LogP contribution >= 0.6 is 11.6 Å². The van der Waals surface area contributed by atoms with Gasteiger partial charge in [-0.1, -0.05) is 31.5 Å². The molecule has 1 aromatic carbocycles. The van der Waals surface area contributed by atoms with E-state index in [1.54, 1.807) is 24.3 Å². The summed E-state index contributed by atoms with van der Waals surface area (Å²) in [5.41, 5.74) is 0. The van der Waals surface area contributed by atoms with Crippen LogP contribution in [-0.4, -0.2) is 31.1 Å². The predicted molar refractivity (Wildman–Crippen MR) is 80.3 cm³/mol. The van der Waals surface area contributed by atoms with Gasteiger partial charge < -0.3 is 14.8 Å². The van der Waals surface area contributed by atoms with Gasteiger partial charge in [0.2, 0.25) is 0 Å². The van der Waals surface area contributed by atoms with Gasteiger partial charge >= 0.3 is 5.97 Å². The highest BCUT2D eigenvalue weighted by molar-refractivity contribution is 6.30. The molecule has 1 atom stereocenters. The van der Waals surface area contributed by atoms with Crippen LogP contribution in [0.25, 0.3) is 0 Å². The van der Waals surface area contributed by atoms with E-state index in [0.717, 1.165) is 0 Å². The number of halogens is 1. The lowest BCUT2D eigenvalue weighted by atomic mass is 10.2. The molecule has 1 N–H and O–H groups in total. The fraction of sp³-hybridized carbons (Fsp3) is 0.467. The topological polar surface area (TPSA) is 64.6 Å². The van der Waals surface area contributed by atoms with E-state index in [9.17, 15) is 9.59 Å². The fourth-order valence-electron chi connectivity index (χ4n) is 1.43. The molecule has 5 nitrogen and oxygen atoms in total. The summed E-state index contributed by atoms with van der Waals surface area (Å²) < 4.78 is 10.2. The lowest BCUT2D eigenvalue weighted by molar-refractivity contribution is -0.156. The Morgan fingerprint density at radius 3 is 2.62 bits per heavy atom. The summed E-state index contributed by atoms with van der Waals surface area (Å²) in [6.45, 7) is 5.75. The van der Waals surface area contributed by atoms with Crippen LogP contribution in [0.2, 0.25) is 5.02 Å². The van der Waals surface area contributed by atoms with Gasteiger partial charge in [0, 0.05) is 11.6 Å². The largest absolute Gasteiger partial charge is 0.482 e. The molecule has 21 heavy (non-hydrogen) atoms. The van der Waals surface area contributed by atoms with Crippen LogP contribution in [0.5, 0.6) is 5.75 Å². The number of ether oxygens (including phenoxy) is 2. The Morgan fingerprint density at radius 2 is 2.00 bits per heavy atom. The Kier molecular flexibility index (Phi) is 7.02. The molecular formula is C15H20ClNO4. The average Bonchev–Trinajstić information content (AvgIpc) is 2.42. The molecule has 6 heteroatoms.